The predicted octanol–water partition coefficient (Wildman–Crippen LogP) is 0.833. The highest BCUT2D eigenvalue weighted by molar-refractivity contribution is 5.81. The van der Waals surface area contributed by atoms with Crippen molar-refractivity contribution in [3.05, 3.63) is 35.7 Å². The summed E-state index contributed by atoms with van der Waals surface area (Å²) in [6.45, 7) is 8.66. The van der Waals surface area contributed by atoms with E-state index < -0.39 is 6.04 Å². The minimum Gasteiger partial charge on any atom is -0.497 e. The maximum absolute atomic E-state index is 13.6. The number of ether oxygens (including phenoxy) is 1. The SMILES string of the molecule is COc1cccc(C[C@H](C(=O)N2CCCN(CC(=O)NC(C)C)CC2)n2nnnc2C)c1. The molecule has 1 aliphatic rings. The van der Waals surface area contributed by atoms with E-state index in [1.165, 1.54) is 0 Å². The van der Waals surface area contributed by atoms with E-state index in [0.29, 0.717) is 38.4 Å². The van der Waals surface area contributed by atoms with Crippen LogP contribution in [0.25, 0.3) is 0 Å². The van der Waals surface area contributed by atoms with Crippen LogP contribution < -0.4 is 10.1 Å². The minimum absolute atomic E-state index is 0.0139. The monoisotopic (exact) mass is 443 g/mol. The molecule has 0 bridgehead atoms. The molecule has 10 nitrogen and oxygen atoms in total. The van der Waals surface area contributed by atoms with Gasteiger partial charge in [-0.25, -0.2) is 4.68 Å². The fourth-order valence-electron chi connectivity index (χ4n) is 3.96. The molecule has 1 aromatic heterocycles. The van der Waals surface area contributed by atoms with Gasteiger partial charge in [0.25, 0.3) is 0 Å². The number of carbonyl (C=O) groups excluding carboxylic acids is 2. The van der Waals surface area contributed by atoms with Gasteiger partial charge in [-0.1, -0.05) is 12.1 Å². The van der Waals surface area contributed by atoms with Gasteiger partial charge in [-0.3, -0.25) is 14.5 Å². The Hall–Kier alpha value is -3.01. The smallest absolute Gasteiger partial charge is 0.247 e. The number of methoxy groups -OCH3 is 1. The van der Waals surface area contributed by atoms with E-state index in [1.807, 2.05) is 43.0 Å². The standard InChI is InChI=1S/C22H33N7O3/c1-16(2)23-21(30)15-27-9-6-10-28(12-11-27)22(31)20(29-17(3)24-25-26-29)14-18-7-5-8-19(13-18)32-4/h5,7-8,13,16,20H,6,9-12,14-15H2,1-4H3,(H,23,30)/t20-/m1/s1. The average molecular weight is 444 g/mol. The summed E-state index contributed by atoms with van der Waals surface area (Å²) in [5.74, 6) is 1.33. The molecule has 174 valence electrons. The van der Waals surface area contributed by atoms with Gasteiger partial charge in [-0.05, 0) is 55.3 Å². The molecule has 0 unspecified atom stereocenters. The third-order valence-corrected chi connectivity index (χ3v) is 5.52. The molecule has 0 aliphatic carbocycles. The molecule has 0 radical (unpaired) electrons. The number of aromatic nitrogens is 4. The molecule has 32 heavy (non-hydrogen) atoms. The predicted molar refractivity (Wildman–Crippen MR) is 119 cm³/mol. The number of nitrogens with one attached hydrogen (secondary N) is 1. The van der Waals surface area contributed by atoms with Crippen molar-refractivity contribution in [2.75, 3.05) is 39.8 Å². The number of amides is 2. The van der Waals surface area contributed by atoms with Crippen molar-refractivity contribution in [3.63, 3.8) is 0 Å². The second-order valence-electron chi connectivity index (χ2n) is 8.42. The van der Waals surface area contributed by atoms with Crippen LogP contribution >= 0.6 is 0 Å². The maximum Gasteiger partial charge on any atom is 0.247 e. The van der Waals surface area contributed by atoms with E-state index in [9.17, 15) is 9.59 Å². The Kier molecular flexibility index (Phi) is 8.15. The summed E-state index contributed by atoms with van der Waals surface area (Å²) < 4.78 is 6.93. The highest BCUT2D eigenvalue weighted by Crippen LogP contribution is 2.21. The van der Waals surface area contributed by atoms with Crippen LogP contribution in [0, 0.1) is 6.92 Å². The molecule has 10 heteroatoms. The highest BCUT2D eigenvalue weighted by atomic mass is 16.5. The average Bonchev–Trinajstić information content (AvgIpc) is 3.04. The lowest BCUT2D eigenvalue weighted by Crippen LogP contribution is -2.43. The van der Waals surface area contributed by atoms with Gasteiger partial charge in [0.1, 0.15) is 17.6 Å². The third-order valence-electron chi connectivity index (χ3n) is 5.52. The zero-order valence-electron chi connectivity index (χ0n) is 19.3. The maximum atomic E-state index is 13.6. The topological polar surface area (TPSA) is 105 Å². The van der Waals surface area contributed by atoms with Gasteiger partial charge in [0, 0.05) is 38.6 Å². The second kappa shape index (κ2) is 11.0. The van der Waals surface area contributed by atoms with Crippen LogP contribution in [0.15, 0.2) is 24.3 Å². The third kappa shape index (κ3) is 6.25. The van der Waals surface area contributed by atoms with Crippen LogP contribution in [0.5, 0.6) is 5.75 Å². The second-order valence-corrected chi connectivity index (χ2v) is 8.42. The molecule has 1 fully saturated rings. The summed E-state index contributed by atoms with van der Waals surface area (Å²) in [6.07, 6.45) is 1.26. The summed E-state index contributed by atoms with van der Waals surface area (Å²) >= 11 is 0. The van der Waals surface area contributed by atoms with Crippen molar-refractivity contribution in [1.29, 1.82) is 0 Å². The molecule has 1 aliphatic heterocycles. The molecular formula is C22H33N7O3. The van der Waals surface area contributed by atoms with E-state index in [4.69, 9.17) is 4.74 Å². The van der Waals surface area contributed by atoms with Crippen molar-refractivity contribution in [2.45, 2.75) is 45.7 Å². The van der Waals surface area contributed by atoms with Crippen LogP contribution in [-0.2, 0) is 16.0 Å². The van der Waals surface area contributed by atoms with Gasteiger partial charge in [0.15, 0.2) is 0 Å². The Labute approximate surface area is 188 Å². The first-order chi connectivity index (χ1) is 15.4. The van der Waals surface area contributed by atoms with Gasteiger partial charge >= 0.3 is 0 Å². The molecule has 2 aromatic rings. The van der Waals surface area contributed by atoms with Crippen molar-refractivity contribution in [3.8, 4) is 5.75 Å². The number of tetrazole rings is 1. The van der Waals surface area contributed by atoms with Crippen LogP contribution in [0.4, 0.5) is 0 Å². The van der Waals surface area contributed by atoms with E-state index in [2.05, 4.69) is 25.7 Å². The summed E-state index contributed by atoms with van der Waals surface area (Å²) in [5, 5.41) is 14.7. The Morgan fingerprint density at radius 2 is 2.00 bits per heavy atom. The molecule has 1 aromatic carbocycles. The van der Waals surface area contributed by atoms with Crippen molar-refractivity contribution >= 4 is 11.8 Å². The van der Waals surface area contributed by atoms with Gasteiger partial charge < -0.3 is 15.0 Å². The first-order valence-corrected chi connectivity index (χ1v) is 11.0. The van der Waals surface area contributed by atoms with Crippen molar-refractivity contribution < 1.29 is 14.3 Å². The summed E-state index contributed by atoms with van der Waals surface area (Å²) in [7, 11) is 1.62. The molecule has 2 heterocycles. The lowest BCUT2D eigenvalue weighted by atomic mass is 10.0. The fraction of sp³-hybridized carbons (Fsp3) is 0.591. The molecule has 0 spiro atoms. The summed E-state index contributed by atoms with van der Waals surface area (Å²) in [5.41, 5.74) is 0.972. The fourth-order valence-corrected chi connectivity index (χ4v) is 3.96. The molecule has 2 amide bonds. The molecule has 1 saturated heterocycles. The summed E-state index contributed by atoms with van der Waals surface area (Å²) in [4.78, 5) is 29.7. The zero-order valence-corrected chi connectivity index (χ0v) is 19.3. The summed E-state index contributed by atoms with van der Waals surface area (Å²) in [6, 6.07) is 7.25. The first-order valence-electron chi connectivity index (χ1n) is 11.0. The number of nitrogens with zero attached hydrogens (tertiary/aromatic N) is 6. The van der Waals surface area contributed by atoms with Crippen LogP contribution in [0.2, 0.25) is 0 Å². The molecule has 1 atom stereocenters. The zero-order chi connectivity index (χ0) is 23.1. The van der Waals surface area contributed by atoms with E-state index in [1.54, 1.807) is 18.7 Å². The Morgan fingerprint density at radius 3 is 2.69 bits per heavy atom. The minimum atomic E-state index is -0.548. The quantitative estimate of drug-likeness (QED) is 0.644. The molecular weight excluding hydrogens is 410 g/mol. The van der Waals surface area contributed by atoms with Crippen molar-refractivity contribution in [1.82, 2.24) is 35.3 Å². The van der Waals surface area contributed by atoms with Gasteiger partial charge in [0.2, 0.25) is 11.8 Å². The van der Waals surface area contributed by atoms with Crippen molar-refractivity contribution in [2.24, 2.45) is 0 Å². The Morgan fingerprint density at radius 1 is 1.19 bits per heavy atom. The number of carbonyl (C=O) groups is 2. The number of aryl methyl sites for hydroxylation is 1. The molecule has 1 N–H and O–H groups in total. The van der Waals surface area contributed by atoms with E-state index >= 15 is 0 Å². The van der Waals surface area contributed by atoms with Crippen LogP contribution in [0.3, 0.4) is 0 Å². The van der Waals surface area contributed by atoms with Gasteiger partial charge in [-0.2, -0.15) is 0 Å². The lowest BCUT2D eigenvalue weighted by Gasteiger charge is -2.27. The first kappa shape index (κ1) is 23.6. The highest BCUT2D eigenvalue weighted by Gasteiger charge is 2.30. The normalized spacial score (nSPS) is 16.0. The Bertz CT molecular complexity index is 914. The van der Waals surface area contributed by atoms with E-state index in [0.717, 1.165) is 24.3 Å². The van der Waals surface area contributed by atoms with Crippen LogP contribution in [-0.4, -0.2) is 87.7 Å². The molecule has 0 saturated carbocycles. The van der Waals surface area contributed by atoms with Gasteiger partial charge in [0.05, 0.1) is 13.7 Å². The number of hydrogen-bond donors (Lipinski definition) is 1. The number of hydrogen-bond acceptors (Lipinski definition) is 7. The van der Waals surface area contributed by atoms with Crippen LogP contribution in [0.1, 0.15) is 37.7 Å². The van der Waals surface area contributed by atoms with Gasteiger partial charge in [-0.15, -0.1) is 5.10 Å². The van der Waals surface area contributed by atoms with E-state index in [-0.39, 0.29) is 17.9 Å². The Balaban J connectivity index is 1.72. The lowest BCUT2D eigenvalue weighted by molar-refractivity contribution is -0.135. The number of benzene rings is 1. The molecule has 3 rings (SSSR count). The number of rotatable bonds is 8. The largest absolute Gasteiger partial charge is 0.497 e.